The maximum absolute atomic E-state index is 11.4. The Hall–Kier alpha value is -2.75. The normalized spacial score (nSPS) is 13.6. The van der Waals surface area contributed by atoms with E-state index >= 15 is 0 Å². The van der Waals surface area contributed by atoms with Crippen LogP contribution in [-0.2, 0) is 17.1 Å². The SMILES string of the molecule is CCCn1nnnc1CSc1nnc(C2CC2)n1-c1cccc(NC(C)=O)c1. The van der Waals surface area contributed by atoms with E-state index in [9.17, 15) is 4.79 Å². The first-order chi connectivity index (χ1) is 13.7. The van der Waals surface area contributed by atoms with Gasteiger partial charge in [-0.3, -0.25) is 9.36 Å². The van der Waals surface area contributed by atoms with E-state index in [2.05, 4.69) is 42.5 Å². The van der Waals surface area contributed by atoms with Crippen molar-refractivity contribution in [1.82, 2.24) is 35.0 Å². The average Bonchev–Trinajstić information content (AvgIpc) is 3.27. The monoisotopic (exact) mass is 398 g/mol. The van der Waals surface area contributed by atoms with Crippen LogP contribution in [0.15, 0.2) is 29.4 Å². The highest BCUT2D eigenvalue weighted by Crippen LogP contribution is 2.41. The first-order valence-electron chi connectivity index (χ1n) is 9.37. The number of aromatic nitrogens is 7. The molecule has 1 aliphatic carbocycles. The van der Waals surface area contributed by atoms with Crippen LogP contribution in [0.25, 0.3) is 5.69 Å². The molecule has 0 spiro atoms. The standard InChI is InChI=1S/C18H22N8OS/c1-3-9-25-16(20-23-24-25)11-28-18-22-21-17(13-7-8-13)26(18)15-6-4-5-14(10-15)19-12(2)27/h4-6,10,13H,3,7-9,11H2,1-2H3,(H,19,27). The summed E-state index contributed by atoms with van der Waals surface area (Å²) in [4.78, 5) is 11.4. The molecule has 9 nitrogen and oxygen atoms in total. The van der Waals surface area contributed by atoms with Gasteiger partial charge in [0.1, 0.15) is 5.82 Å². The molecule has 0 atom stereocenters. The summed E-state index contributed by atoms with van der Waals surface area (Å²) in [6, 6.07) is 7.75. The summed E-state index contributed by atoms with van der Waals surface area (Å²) < 4.78 is 3.91. The van der Waals surface area contributed by atoms with Crippen molar-refractivity contribution in [3.05, 3.63) is 35.9 Å². The van der Waals surface area contributed by atoms with Crippen molar-refractivity contribution in [1.29, 1.82) is 0 Å². The second-order valence-electron chi connectivity index (χ2n) is 6.79. The maximum atomic E-state index is 11.4. The fraction of sp³-hybridized carbons (Fsp3) is 0.444. The van der Waals surface area contributed by atoms with Crippen molar-refractivity contribution < 1.29 is 4.79 Å². The maximum Gasteiger partial charge on any atom is 0.221 e. The number of aryl methyl sites for hydroxylation is 1. The van der Waals surface area contributed by atoms with Crippen molar-refractivity contribution in [2.24, 2.45) is 0 Å². The Labute approximate surface area is 166 Å². The zero-order chi connectivity index (χ0) is 19.5. The molecule has 1 amide bonds. The lowest BCUT2D eigenvalue weighted by Gasteiger charge is -2.11. The Bertz CT molecular complexity index is 978. The Morgan fingerprint density at radius 2 is 2.14 bits per heavy atom. The van der Waals surface area contributed by atoms with E-state index < -0.39 is 0 Å². The Morgan fingerprint density at radius 1 is 1.29 bits per heavy atom. The van der Waals surface area contributed by atoms with Gasteiger partial charge in [0.05, 0.1) is 11.4 Å². The van der Waals surface area contributed by atoms with Crippen LogP contribution in [0.3, 0.4) is 0 Å². The zero-order valence-electron chi connectivity index (χ0n) is 15.9. The predicted molar refractivity (Wildman–Crippen MR) is 105 cm³/mol. The number of anilines is 1. The molecule has 2 heterocycles. The summed E-state index contributed by atoms with van der Waals surface area (Å²) in [5.74, 6) is 2.75. The molecule has 1 N–H and O–H groups in total. The van der Waals surface area contributed by atoms with Gasteiger partial charge in [-0.05, 0) is 47.9 Å². The largest absolute Gasteiger partial charge is 0.326 e. The third-order valence-corrected chi connectivity index (χ3v) is 5.32. The molecule has 1 aliphatic rings. The molecule has 0 unspecified atom stereocenters. The molecule has 0 radical (unpaired) electrons. The number of nitrogens with one attached hydrogen (secondary N) is 1. The van der Waals surface area contributed by atoms with Crippen LogP contribution < -0.4 is 5.32 Å². The number of carbonyl (C=O) groups is 1. The van der Waals surface area contributed by atoms with Crippen molar-refractivity contribution in [2.75, 3.05) is 5.32 Å². The van der Waals surface area contributed by atoms with Gasteiger partial charge in [-0.1, -0.05) is 24.8 Å². The van der Waals surface area contributed by atoms with Gasteiger partial charge in [0, 0.05) is 25.1 Å². The molecule has 3 aromatic rings. The molecule has 0 saturated heterocycles. The minimum atomic E-state index is -0.0966. The van der Waals surface area contributed by atoms with E-state index in [1.54, 1.807) is 11.8 Å². The van der Waals surface area contributed by atoms with Gasteiger partial charge in [0.25, 0.3) is 0 Å². The highest BCUT2D eigenvalue weighted by molar-refractivity contribution is 7.98. The van der Waals surface area contributed by atoms with Crippen LogP contribution in [-0.4, -0.2) is 40.9 Å². The molecule has 1 fully saturated rings. The summed E-state index contributed by atoms with van der Waals surface area (Å²) >= 11 is 1.56. The summed E-state index contributed by atoms with van der Waals surface area (Å²) in [6.45, 7) is 4.39. The molecule has 4 rings (SSSR count). The molecule has 2 aromatic heterocycles. The van der Waals surface area contributed by atoms with Gasteiger partial charge < -0.3 is 5.32 Å². The summed E-state index contributed by atoms with van der Waals surface area (Å²) in [5, 5.41) is 24.5. The van der Waals surface area contributed by atoms with Crippen molar-refractivity contribution in [2.45, 2.75) is 56.5 Å². The Morgan fingerprint density at radius 3 is 2.89 bits per heavy atom. The van der Waals surface area contributed by atoms with Crippen LogP contribution in [0.4, 0.5) is 5.69 Å². The summed E-state index contributed by atoms with van der Waals surface area (Å²) in [6.07, 6.45) is 3.23. The number of carbonyl (C=O) groups excluding carboxylic acids is 1. The third kappa shape index (κ3) is 4.06. The van der Waals surface area contributed by atoms with Crippen LogP contribution in [0.5, 0.6) is 0 Å². The van der Waals surface area contributed by atoms with Crippen LogP contribution in [0.2, 0.25) is 0 Å². The number of amides is 1. The summed E-state index contributed by atoms with van der Waals surface area (Å²) in [5.41, 5.74) is 1.69. The van der Waals surface area contributed by atoms with E-state index in [0.717, 1.165) is 54.0 Å². The van der Waals surface area contributed by atoms with Gasteiger partial charge in [0.15, 0.2) is 11.0 Å². The lowest BCUT2D eigenvalue weighted by atomic mass is 10.2. The van der Waals surface area contributed by atoms with E-state index in [1.165, 1.54) is 6.92 Å². The smallest absolute Gasteiger partial charge is 0.221 e. The average molecular weight is 398 g/mol. The highest BCUT2D eigenvalue weighted by Gasteiger charge is 2.31. The van der Waals surface area contributed by atoms with Gasteiger partial charge >= 0.3 is 0 Å². The van der Waals surface area contributed by atoms with Crippen molar-refractivity contribution in [3.63, 3.8) is 0 Å². The fourth-order valence-corrected chi connectivity index (χ4v) is 3.88. The fourth-order valence-electron chi connectivity index (χ4n) is 2.99. The molecule has 1 aromatic carbocycles. The third-order valence-electron chi connectivity index (χ3n) is 4.40. The number of rotatable bonds is 8. The van der Waals surface area contributed by atoms with E-state index in [1.807, 2.05) is 28.9 Å². The first-order valence-corrected chi connectivity index (χ1v) is 10.4. The van der Waals surface area contributed by atoms with Crippen LogP contribution in [0.1, 0.15) is 50.7 Å². The number of hydrogen-bond acceptors (Lipinski definition) is 7. The summed E-state index contributed by atoms with van der Waals surface area (Å²) in [7, 11) is 0. The van der Waals surface area contributed by atoms with Gasteiger partial charge in [-0.25, -0.2) is 4.68 Å². The van der Waals surface area contributed by atoms with Crippen LogP contribution in [0, 0.1) is 0 Å². The van der Waals surface area contributed by atoms with Crippen LogP contribution >= 0.6 is 11.8 Å². The number of hydrogen-bond donors (Lipinski definition) is 1. The zero-order valence-corrected chi connectivity index (χ0v) is 16.7. The minimum Gasteiger partial charge on any atom is -0.326 e. The Balaban J connectivity index is 1.62. The molecule has 28 heavy (non-hydrogen) atoms. The first kappa shape index (κ1) is 18.6. The van der Waals surface area contributed by atoms with Gasteiger partial charge in [-0.2, -0.15) is 0 Å². The second-order valence-corrected chi connectivity index (χ2v) is 7.73. The number of nitrogens with zero attached hydrogens (tertiary/aromatic N) is 7. The van der Waals surface area contributed by atoms with Crippen molar-refractivity contribution in [3.8, 4) is 5.69 Å². The van der Waals surface area contributed by atoms with Gasteiger partial charge in [0.2, 0.25) is 5.91 Å². The molecular formula is C18H22N8OS. The van der Waals surface area contributed by atoms with Crippen molar-refractivity contribution >= 4 is 23.4 Å². The number of thioether (sulfide) groups is 1. The molecule has 1 saturated carbocycles. The lowest BCUT2D eigenvalue weighted by Crippen LogP contribution is -2.08. The lowest BCUT2D eigenvalue weighted by molar-refractivity contribution is -0.114. The highest BCUT2D eigenvalue weighted by atomic mass is 32.2. The molecule has 10 heteroatoms. The predicted octanol–water partition coefficient (Wildman–Crippen LogP) is 2.79. The molecule has 146 valence electrons. The van der Waals surface area contributed by atoms with E-state index in [4.69, 9.17) is 0 Å². The topological polar surface area (TPSA) is 103 Å². The Kier molecular flexibility index (Phi) is 5.38. The quantitative estimate of drug-likeness (QED) is 0.582. The molecular weight excluding hydrogens is 376 g/mol. The minimum absolute atomic E-state index is 0.0966. The molecule has 0 aliphatic heterocycles. The molecule has 0 bridgehead atoms. The number of benzene rings is 1. The van der Waals surface area contributed by atoms with E-state index in [-0.39, 0.29) is 5.91 Å². The van der Waals surface area contributed by atoms with Gasteiger partial charge in [-0.15, -0.1) is 15.3 Å². The number of tetrazole rings is 1. The second kappa shape index (κ2) is 8.09. The van der Waals surface area contributed by atoms with E-state index in [0.29, 0.717) is 11.7 Å².